The third-order valence-electron chi connectivity index (χ3n) is 2.71. The Labute approximate surface area is 99.8 Å². The van der Waals surface area contributed by atoms with Gasteiger partial charge >= 0.3 is 0 Å². The molecule has 3 nitrogen and oxygen atoms in total. The first-order valence-corrected chi connectivity index (χ1v) is 4.96. The SMILES string of the molecule is Cl.NCC(=O)N1CCc2cc(F)ccc2C1. The van der Waals surface area contributed by atoms with Crippen LogP contribution in [0.1, 0.15) is 11.1 Å². The van der Waals surface area contributed by atoms with Gasteiger partial charge in [0, 0.05) is 13.1 Å². The van der Waals surface area contributed by atoms with Gasteiger partial charge in [0.1, 0.15) is 5.82 Å². The zero-order chi connectivity index (χ0) is 10.8. The van der Waals surface area contributed by atoms with Gasteiger partial charge in [0.2, 0.25) is 5.91 Å². The van der Waals surface area contributed by atoms with E-state index in [9.17, 15) is 9.18 Å². The molecular formula is C11H14ClFN2O. The smallest absolute Gasteiger partial charge is 0.236 e. The maximum Gasteiger partial charge on any atom is 0.236 e. The van der Waals surface area contributed by atoms with Gasteiger partial charge in [-0.05, 0) is 29.7 Å². The lowest BCUT2D eigenvalue weighted by Crippen LogP contribution is -2.39. The highest BCUT2D eigenvalue weighted by Gasteiger charge is 2.19. The molecule has 0 unspecified atom stereocenters. The molecule has 2 N–H and O–H groups in total. The van der Waals surface area contributed by atoms with Crippen LogP contribution >= 0.6 is 12.4 Å². The average Bonchev–Trinajstić information content (AvgIpc) is 2.27. The summed E-state index contributed by atoms with van der Waals surface area (Å²) < 4.78 is 12.9. The summed E-state index contributed by atoms with van der Waals surface area (Å²) in [5.41, 5.74) is 7.31. The Morgan fingerprint density at radius 3 is 2.88 bits per heavy atom. The van der Waals surface area contributed by atoms with Gasteiger partial charge < -0.3 is 10.6 Å². The third kappa shape index (κ3) is 2.51. The van der Waals surface area contributed by atoms with Crippen molar-refractivity contribution < 1.29 is 9.18 Å². The zero-order valence-corrected chi connectivity index (χ0v) is 9.60. The summed E-state index contributed by atoms with van der Waals surface area (Å²) in [6.45, 7) is 1.22. The first-order chi connectivity index (χ1) is 7.20. The minimum absolute atomic E-state index is 0. The molecule has 5 heteroatoms. The summed E-state index contributed by atoms with van der Waals surface area (Å²) in [7, 11) is 0. The molecule has 1 aliphatic rings. The quantitative estimate of drug-likeness (QED) is 0.804. The van der Waals surface area contributed by atoms with Gasteiger partial charge in [0.15, 0.2) is 0 Å². The molecule has 1 aliphatic heterocycles. The van der Waals surface area contributed by atoms with Crippen molar-refractivity contribution in [2.75, 3.05) is 13.1 Å². The summed E-state index contributed by atoms with van der Waals surface area (Å²) in [5, 5.41) is 0. The lowest BCUT2D eigenvalue weighted by atomic mass is 9.99. The first kappa shape index (κ1) is 12.9. The van der Waals surface area contributed by atoms with Gasteiger partial charge in [-0.3, -0.25) is 4.79 Å². The van der Waals surface area contributed by atoms with Gasteiger partial charge in [-0.25, -0.2) is 4.39 Å². The second-order valence-electron chi connectivity index (χ2n) is 3.68. The van der Waals surface area contributed by atoms with E-state index in [-0.39, 0.29) is 30.7 Å². The predicted octanol–water partition coefficient (Wildman–Crippen LogP) is 1.09. The van der Waals surface area contributed by atoms with Crippen LogP contribution in [-0.4, -0.2) is 23.9 Å². The molecule has 0 fully saturated rings. The largest absolute Gasteiger partial charge is 0.337 e. The monoisotopic (exact) mass is 244 g/mol. The molecule has 88 valence electrons. The number of hydrogen-bond acceptors (Lipinski definition) is 2. The molecule has 0 bridgehead atoms. The number of hydrogen-bond donors (Lipinski definition) is 1. The average molecular weight is 245 g/mol. The van der Waals surface area contributed by atoms with Crippen LogP contribution in [0.4, 0.5) is 4.39 Å². The van der Waals surface area contributed by atoms with Crippen LogP contribution in [0, 0.1) is 5.82 Å². The second kappa shape index (κ2) is 5.27. The number of nitrogens with two attached hydrogens (primary N) is 1. The lowest BCUT2D eigenvalue weighted by Gasteiger charge is -2.28. The zero-order valence-electron chi connectivity index (χ0n) is 8.78. The van der Waals surface area contributed by atoms with Crippen LogP contribution in [-0.2, 0) is 17.8 Å². The van der Waals surface area contributed by atoms with E-state index in [0.717, 1.165) is 11.1 Å². The molecule has 1 heterocycles. The normalized spacial score (nSPS) is 14.0. The van der Waals surface area contributed by atoms with Crippen molar-refractivity contribution in [1.29, 1.82) is 0 Å². The molecule has 0 saturated heterocycles. The van der Waals surface area contributed by atoms with Crippen molar-refractivity contribution in [1.82, 2.24) is 4.90 Å². The Hall–Kier alpha value is -1.13. The molecule has 2 rings (SSSR count). The number of amides is 1. The number of rotatable bonds is 1. The maximum absolute atomic E-state index is 12.9. The van der Waals surface area contributed by atoms with Gasteiger partial charge in [-0.2, -0.15) is 0 Å². The van der Waals surface area contributed by atoms with Crippen molar-refractivity contribution in [3.63, 3.8) is 0 Å². The molecule has 1 aromatic carbocycles. The Kier molecular flexibility index (Phi) is 4.26. The maximum atomic E-state index is 12.9. The van der Waals surface area contributed by atoms with Gasteiger partial charge in [0.05, 0.1) is 6.54 Å². The molecule has 1 amide bonds. The van der Waals surface area contributed by atoms with Crippen molar-refractivity contribution in [3.8, 4) is 0 Å². The summed E-state index contributed by atoms with van der Waals surface area (Å²) >= 11 is 0. The molecule has 0 spiro atoms. The van der Waals surface area contributed by atoms with E-state index in [2.05, 4.69) is 0 Å². The van der Waals surface area contributed by atoms with E-state index in [4.69, 9.17) is 5.73 Å². The molecule has 0 aromatic heterocycles. The van der Waals surface area contributed by atoms with E-state index in [1.807, 2.05) is 0 Å². The highest BCUT2D eigenvalue weighted by molar-refractivity contribution is 5.85. The number of halogens is 2. The number of carbonyl (C=O) groups is 1. The summed E-state index contributed by atoms with van der Waals surface area (Å²) in [5.74, 6) is -0.266. The van der Waals surface area contributed by atoms with Crippen molar-refractivity contribution in [3.05, 3.63) is 35.1 Å². The molecule has 1 aromatic rings. The van der Waals surface area contributed by atoms with E-state index < -0.39 is 0 Å². The summed E-state index contributed by atoms with van der Waals surface area (Å²) in [4.78, 5) is 13.1. The predicted molar refractivity (Wildman–Crippen MR) is 61.8 cm³/mol. The third-order valence-corrected chi connectivity index (χ3v) is 2.71. The lowest BCUT2D eigenvalue weighted by molar-refractivity contribution is -0.130. The highest BCUT2D eigenvalue weighted by atomic mass is 35.5. The number of fused-ring (bicyclic) bond motifs is 1. The number of benzene rings is 1. The second-order valence-corrected chi connectivity index (χ2v) is 3.68. The Balaban J connectivity index is 0.00000128. The Morgan fingerprint density at radius 1 is 1.44 bits per heavy atom. The fraction of sp³-hybridized carbons (Fsp3) is 0.364. The summed E-state index contributed by atoms with van der Waals surface area (Å²) in [6.07, 6.45) is 0.707. The minimum Gasteiger partial charge on any atom is -0.337 e. The minimum atomic E-state index is -0.215. The van der Waals surface area contributed by atoms with Crippen LogP contribution in [0.15, 0.2) is 18.2 Å². The van der Waals surface area contributed by atoms with Crippen LogP contribution in [0.25, 0.3) is 0 Å². The van der Waals surface area contributed by atoms with E-state index in [0.29, 0.717) is 19.5 Å². The fourth-order valence-electron chi connectivity index (χ4n) is 1.86. The molecular weight excluding hydrogens is 231 g/mol. The van der Waals surface area contributed by atoms with Gasteiger partial charge in [-0.15, -0.1) is 12.4 Å². The number of nitrogens with zero attached hydrogens (tertiary/aromatic N) is 1. The van der Waals surface area contributed by atoms with Crippen molar-refractivity contribution in [2.24, 2.45) is 5.73 Å². The topological polar surface area (TPSA) is 46.3 Å². The van der Waals surface area contributed by atoms with Crippen molar-refractivity contribution >= 4 is 18.3 Å². The van der Waals surface area contributed by atoms with E-state index in [1.54, 1.807) is 17.0 Å². The fourth-order valence-corrected chi connectivity index (χ4v) is 1.86. The number of carbonyl (C=O) groups excluding carboxylic acids is 1. The van der Waals surface area contributed by atoms with E-state index in [1.165, 1.54) is 6.07 Å². The molecule has 16 heavy (non-hydrogen) atoms. The molecule has 0 aliphatic carbocycles. The Bertz CT molecular complexity index is 398. The van der Waals surface area contributed by atoms with Gasteiger partial charge in [-0.1, -0.05) is 6.07 Å². The standard InChI is InChI=1S/C11H13FN2O.ClH/c12-10-2-1-9-7-14(11(15)6-13)4-3-8(9)5-10;/h1-2,5H,3-4,6-7,13H2;1H. The molecule has 0 atom stereocenters. The highest BCUT2D eigenvalue weighted by Crippen LogP contribution is 2.19. The van der Waals surface area contributed by atoms with Crippen LogP contribution in [0.5, 0.6) is 0 Å². The van der Waals surface area contributed by atoms with Crippen LogP contribution in [0.3, 0.4) is 0 Å². The van der Waals surface area contributed by atoms with Crippen LogP contribution < -0.4 is 5.73 Å². The van der Waals surface area contributed by atoms with Crippen molar-refractivity contribution in [2.45, 2.75) is 13.0 Å². The molecule has 0 radical (unpaired) electrons. The van der Waals surface area contributed by atoms with Gasteiger partial charge in [0.25, 0.3) is 0 Å². The Morgan fingerprint density at radius 2 is 2.19 bits per heavy atom. The molecule has 0 saturated carbocycles. The van der Waals surface area contributed by atoms with Crippen LogP contribution in [0.2, 0.25) is 0 Å². The summed E-state index contributed by atoms with van der Waals surface area (Å²) in [6, 6.07) is 4.70. The van der Waals surface area contributed by atoms with E-state index >= 15 is 0 Å². The first-order valence-electron chi connectivity index (χ1n) is 4.96.